The highest BCUT2D eigenvalue weighted by Crippen LogP contribution is 2.15. The minimum Gasteiger partial charge on any atom is -0.255 e. The summed E-state index contributed by atoms with van der Waals surface area (Å²) in [5.74, 6) is 0. The van der Waals surface area contributed by atoms with Gasteiger partial charge in [-0.1, -0.05) is 11.6 Å². The maximum atomic E-state index is 8.52. The number of rotatable bonds is 0. The summed E-state index contributed by atoms with van der Waals surface area (Å²) in [5, 5.41) is 20.8. The molecule has 0 bridgehead atoms. The summed E-state index contributed by atoms with van der Waals surface area (Å²) < 4.78 is 1.28. The molecule has 0 aromatic carbocycles. The Bertz CT molecular complexity index is 331. The summed E-state index contributed by atoms with van der Waals surface area (Å²) in [4.78, 5) is 0. The Hall–Kier alpha value is -1.52. The van der Waals surface area contributed by atoms with E-state index in [9.17, 15) is 0 Å². The number of aryl methyl sites for hydroxylation is 1. The molecule has 0 amide bonds. The Labute approximate surface area is 68.2 Å². The minimum absolute atomic E-state index is 0.0755. The molecule has 4 nitrogen and oxygen atoms in total. The Morgan fingerprint density at radius 3 is 2.45 bits per heavy atom. The van der Waals surface area contributed by atoms with Crippen LogP contribution >= 0.6 is 11.6 Å². The highest BCUT2D eigenvalue weighted by molar-refractivity contribution is 6.30. The second-order valence-corrected chi connectivity index (χ2v) is 2.22. The van der Waals surface area contributed by atoms with E-state index < -0.39 is 0 Å². The SMILES string of the molecule is Cn1nc(Cl)c(C#N)c1C#N. The molecule has 0 saturated heterocycles. The van der Waals surface area contributed by atoms with Crippen molar-refractivity contribution in [1.29, 1.82) is 10.5 Å². The summed E-state index contributed by atoms with van der Waals surface area (Å²) >= 11 is 5.52. The lowest BCUT2D eigenvalue weighted by Crippen LogP contribution is -1.93. The van der Waals surface area contributed by atoms with Crippen LogP contribution in [0.2, 0.25) is 5.15 Å². The monoisotopic (exact) mass is 166 g/mol. The van der Waals surface area contributed by atoms with E-state index in [1.807, 2.05) is 6.07 Å². The van der Waals surface area contributed by atoms with Gasteiger partial charge in [0, 0.05) is 7.05 Å². The van der Waals surface area contributed by atoms with Gasteiger partial charge in [-0.15, -0.1) is 0 Å². The summed E-state index contributed by atoms with van der Waals surface area (Å²) in [6.45, 7) is 0. The topological polar surface area (TPSA) is 65.4 Å². The highest BCUT2D eigenvalue weighted by Gasteiger charge is 2.12. The van der Waals surface area contributed by atoms with Crippen molar-refractivity contribution in [2.75, 3.05) is 0 Å². The van der Waals surface area contributed by atoms with Crippen molar-refractivity contribution in [3.05, 3.63) is 16.4 Å². The molecule has 5 heteroatoms. The number of hydrogen-bond donors (Lipinski definition) is 0. The van der Waals surface area contributed by atoms with Crippen molar-refractivity contribution < 1.29 is 0 Å². The van der Waals surface area contributed by atoms with E-state index in [1.54, 1.807) is 13.1 Å². The van der Waals surface area contributed by atoms with Gasteiger partial charge >= 0.3 is 0 Å². The molecule has 1 aromatic heterocycles. The average Bonchev–Trinajstić information content (AvgIpc) is 2.24. The fraction of sp³-hybridized carbons (Fsp3) is 0.167. The Kier molecular flexibility index (Phi) is 1.80. The van der Waals surface area contributed by atoms with E-state index in [0.29, 0.717) is 0 Å². The van der Waals surface area contributed by atoms with E-state index in [0.717, 1.165) is 0 Å². The van der Waals surface area contributed by atoms with E-state index in [2.05, 4.69) is 5.10 Å². The first-order valence-corrected chi connectivity index (χ1v) is 3.11. The fourth-order valence-electron chi connectivity index (χ4n) is 0.719. The van der Waals surface area contributed by atoms with Crippen LogP contribution in [0.4, 0.5) is 0 Å². The normalized spacial score (nSPS) is 8.73. The van der Waals surface area contributed by atoms with Crippen LogP contribution in [0.15, 0.2) is 0 Å². The maximum absolute atomic E-state index is 8.52. The zero-order valence-electron chi connectivity index (χ0n) is 5.67. The summed E-state index contributed by atoms with van der Waals surface area (Å²) in [6, 6.07) is 3.63. The molecular formula is C6H3ClN4. The third-order valence-electron chi connectivity index (χ3n) is 1.22. The molecule has 0 fully saturated rings. The van der Waals surface area contributed by atoms with Crippen LogP contribution in [0.25, 0.3) is 0 Å². The van der Waals surface area contributed by atoms with Crippen LogP contribution in [0, 0.1) is 22.7 Å². The Morgan fingerprint density at radius 1 is 1.45 bits per heavy atom. The number of nitriles is 2. The third kappa shape index (κ3) is 1.04. The molecule has 0 unspecified atom stereocenters. The van der Waals surface area contributed by atoms with E-state index in [-0.39, 0.29) is 16.4 Å². The van der Waals surface area contributed by atoms with Crippen molar-refractivity contribution in [3.63, 3.8) is 0 Å². The van der Waals surface area contributed by atoms with Crippen LogP contribution in [-0.4, -0.2) is 9.78 Å². The Balaban J connectivity index is 3.47. The standard InChI is InChI=1S/C6H3ClN4/c1-11-5(3-9)4(2-8)6(7)10-11/h1H3. The van der Waals surface area contributed by atoms with Crippen molar-refractivity contribution in [3.8, 4) is 12.1 Å². The summed E-state index contributed by atoms with van der Waals surface area (Å²) in [7, 11) is 1.56. The number of nitrogens with zero attached hydrogens (tertiary/aromatic N) is 4. The molecule has 0 radical (unpaired) electrons. The van der Waals surface area contributed by atoms with E-state index >= 15 is 0 Å². The molecule has 0 spiro atoms. The van der Waals surface area contributed by atoms with Gasteiger partial charge in [-0.05, 0) is 0 Å². The van der Waals surface area contributed by atoms with Crippen LogP contribution in [0.5, 0.6) is 0 Å². The second kappa shape index (κ2) is 2.61. The largest absolute Gasteiger partial charge is 0.255 e. The fourth-order valence-corrected chi connectivity index (χ4v) is 0.964. The van der Waals surface area contributed by atoms with Crippen LogP contribution < -0.4 is 0 Å². The lowest BCUT2D eigenvalue weighted by atomic mass is 10.3. The molecule has 0 atom stereocenters. The first-order chi connectivity index (χ1) is 5.20. The molecule has 54 valence electrons. The number of aromatic nitrogens is 2. The first-order valence-electron chi connectivity index (χ1n) is 2.73. The highest BCUT2D eigenvalue weighted by atomic mass is 35.5. The molecule has 1 heterocycles. The van der Waals surface area contributed by atoms with Crippen molar-refractivity contribution in [2.45, 2.75) is 0 Å². The molecule has 0 saturated carbocycles. The van der Waals surface area contributed by atoms with Gasteiger partial charge in [0.1, 0.15) is 17.7 Å². The number of hydrogen-bond acceptors (Lipinski definition) is 3. The van der Waals surface area contributed by atoms with Crippen LogP contribution in [0.1, 0.15) is 11.3 Å². The van der Waals surface area contributed by atoms with Crippen LogP contribution in [-0.2, 0) is 7.05 Å². The number of halogens is 1. The molecular weight excluding hydrogens is 164 g/mol. The van der Waals surface area contributed by atoms with E-state index in [4.69, 9.17) is 22.1 Å². The van der Waals surface area contributed by atoms with Gasteiger partial charge < -0.3 is 0 Å². The second-order valence-electron chi connectivity index (χ2n) is 1.86. The minimum atomic E-state index is 0.0755. The van der Waals surface area contributed by atoms with Crippen LogP contribution in [0.3, 0.4) is 0 Å². The van der Waals surface area contributed by atoms with Gasteiger partial charge in [-0.2, -0.15) is 15.6 Å². The summed E-state index contributed by atoms with van der Waals surface area (Å²) in [5.41, 5.74) is 0.328. The van der Waals surface area contributed by atoms with Gasteiger partial charge in [0.15, 0.2) is 10.8 Å². The Morgan fingerprint density at radius 2 is 2.09 bits per heavy atom. The first kappa shape index (κ1) is 7.59. The lowest BCUT2D eigenvalue weighted by molar-refractivity contribution is 0.756. The quantitative estimate of drug-likeness (QED) is 0.573. The molecule has 0 aliphatic rings. The molecule has 1 aromatic rings. The van der Waals surface area contributed by atoms with Gasteiger partial charge in [-0.25, -0.2) is 0 Å². The molecule has 0 N–H and O–H groups in total. The van der Waals surface area contributed by atoms with Gasteiger partial charge in [0.2, 0.25) is 0 Å². The average molecular weight is 167 g/mol. The molecule has 0 aliphatic carbocycles. The smallest absolute Gasteiger partial charge is 0.170 e. The molecule has 11 heavy (non-hydrogen) atoms. The van der Waals surface area contributed by atoms with Gasteiger partial charge in [0.05, 0.1) is 0 Å². The maximum Gasteiger partial charge on any atom is 0.170 e. The molecule has 0 aliphatic heterocycles. The van der Waals surface area contributed by atoms with Gasteiger partial charge in [0.25, 0.3) is 0 Å². The zero-order valence-corrected chi connectivity index (χ0v) is 6.42. The lowest BCUT2D eigenvalue weighted by Gasteiger charge is -1.86. The van der Waals surface area contributed by atoms with Gasteiger partial charge in [-0.3, -0.25) is 4.68 Å². The summed E-state index contributed by atoms with van der Waals surface area (Å²) in [6.07, 6.45) is 0. The van der Waals surface area contributed by atoms with E-state index in [1.165, 1.54) is 4.68 Å². The van der Waals surface area contributed by atoms with Crippen molar-refractivity contribution in [1.82, 2.24) is 9.78 Å². The molecule has 1 rings (SSSR count). The zero-order chi connectivity index (χ0) is 8.43. The third-order valence-corrected chi connectivity index (χ3v) is 1.49. The van der Waals surface area contributed by atoms with Crippen molar-refractivity contribution >= 4 is 11.6 Å². The predicted octanol–water partition coefficient (Wildman–Crippen LogP) is 0.817. The van der Waals surface area contributed by atoms with Crippen molar-refractivity contribution in [2.24, 2.45) is 7.05 Å². The predicted molar refractivity (Wildman–Crippen MR) is 37.6 cm³/mol.